The van der Waals surface area contributed by atoms with Gasteiger partial charge >= 0.3 is 0 Å². The van der Waals surface area contributed by atoms with Crippen LogP contribution in [0, 0.1) is 5.41 Å². The summed E-state index contributed by atoms with van der Waals surface area (Å²) in [7, 11) is 0. The van der Waals surface area contributed by atoms with Crippen LogP contribution in [0.2, 0.25) is 0 Å². The number of nitrogens with zero attached hydrogens (tertiary/aromatic N) is 5. The van der Waals surface area contributed by atoms with Gasteiger partial charge in [-0.3, -0.25) is 4.79 Å². The van der Waals surface area contributed by atoms with Crippen molar-refractivity contribution < 1.29 is 4.79 Å². The Morgan fingerprint density at radius 3 is 2.87 bits per heavy atom. The van der Waals surface area contributed by atoms with Gasteiger partial charge in [0.1, 0.15) is 6.33 Å². The zero-order chi connectivity index (χ0) is 15.9. The summed E-state index contributed by atoms with van der Waals surface area (Å²) in [6, 6.07) is 0.374. The maximum Gasteiger partial charge on any atom is 0.272 e. The van der Waals surface area contributed by atoms with Gasteiger partial charge < -0.3 is 16.4 Å². The molecular formula is C13H16N8OS. The van der Waals surface area contributed by atoms with Crippen molar-refractivity contribution in [3.05, 3.63) is 18.2 Å². The molecule has 1 spiro atoms. The van der Waals surface area contributed by atoms with Crippen LogP contribution >= 0.6 is 11.7 Å². The summed E-state index contributed by atoms with van der Waals surface area (Å²) in [4.78, 5) is 24.1. The number of hydrogen-bond acceptors (Lipinski definition) is 9. The number of nitrogen functional groups attached to an aromatic ring is 1. The molecule has 0 aliphatic heterocycles. The highest BCUT2D eigenvalue weighted by Gasteiger charge is 2.59. The van der Waals surface area contributed by atoms with Crippen molar-refractivity contribution >= 4 is 29.5 Å². The van der Waals surface area contributed by atoms with Gasteiger partial charge in [-0.2, -0.15) is 13.7 Å². The van der Waals surface area contributed by atoms with Crippen molar-refractivity contribution in [1.82, 2.24) is 29.0 Å². The highest BCUT2D eigenvalue weighted by atomic mass is 32.1. The molecule has 2 fully saturated rings. The normalized spacial score (nSPS) is 24.5. The zero-order valence-corrected chi connectivity index (χ0v) is 13.1. The largest absolute Gasteiger partial charge is 0.368 e. The first-order valence-corrected chi connectivity index (χ1v) is 8.20. The number of aromatic nitrogens is 5. The molecule has 0 radical (unpaired) electrons. The van der Waals surface area contributed by atoms with Gasteiger partial charge in [0, 0.05) is 17.5 Å². The third-order valence-corrected chi connectivity index (χ3v) is 5.41. The van der Waals surface area contributed by atoms with Crippen molar-refractivity contribution in [2.45, 2.75) is 37.8 Å². The first kappa shape index (κ1) is 14.2. The van der Waals surface area contributed by atoms with E-state index in [-0.39, 0.29) is 29.4 Å². The second-order valence-corrected chi connectivity index (χ2v) is 6.56. The lowest BCUT2D eigenvalue weighted by Crippen LogP contribution is -2.69. The van der Waals surface area contributed by atoms with Gasteiger partial charge in [0.05, 0.1) is 17.9 Å². The van der Waals surface area contributed by atoms with Crippen molar-refractivity contribution in [1.29, 1.82) is 0 Å². The van der Waals surface area contributed by atoms with Crippen LogP contribution in [0.4, 0.5) is 11.9 Å². The summed E-state index contributed by atoms with van der Waals surface area (Å²) < 4.78 is 7.84. The number of nitrogens with one attached hydrogen (secondary N) is 2. The van der Waals surface area contributed by atoms with E-state index < -0.39 is 0 Å². The smallest absolute Gasteiger partial charge is 0.272 e. The Morgan fingerprint density at radius 2 is 2.22 bits per heavy atom. The van der Waals surface area contributed by atoms with Crippen LogP contribution in [-0.4, -0.2) is 41.7 Å². The van der Waals surface area contributed by atoms with E-state index in [9.17, 15) is 4.79 Å². The van der Waals surface area contributed by atoms with E-state index in [1.54, 1.807) is 0 Å². The molecule has 2 unspecified atom stereocenters. The Hall–Kier alpha value is -2.36. The highest BCUT2D eigenvalue weighted by Crippen LogP contribution is 2.56. The molecule has 2 aliphatic rings. The summed E-state index contributed by atoms with van der Waals surface area (Å²) >= 11 is 1.04. The van der Waals surface area contributed by atoms with Crippen LogP contribution in [0.3, 0.4) is 0 Å². The van der Waals surface area contributed by atoms with Gasteiger partial charge in [0.15, 0.2) is 5.69 Å². The lowest BCUT2D eigenvalue weighted by atomic mass is 9.50. The minimum atomic E-state index is -0.155. The molecule has 0 aromatic carbocycles. The van der Waals surface area contributed by atoms with E-state index in [1.807, 2.05) is 0 Å². The average Bonchev–Trinajstić information content (AvgIpc) is 2.98. The van der Waals surface area contributed by atoms with Gasteiger partial charge in [0.2, 0.25) is 11.9 Å². The van der Waals surface area contributed by atoms with Gasteiger partial charge in [-0.15, -0.1) is 0 Å². The summed E-state index contributed by atoms with van der Waals surface area (Å²) in [5, 5.41) is 6.42. The summed E-state index contributed by atoms with van der Waals surface area (Å²) in [6.07, 6.45) is 7.04. The molecule has 0 bridgehead atoms. The molecule has 0 saturated heterocycles. The van der Waals surface area contributed by atoms with Crippen molar-refractivity contribution in [2.75, 3.05) is 11.1 Å². The Morgan fingerprint density at radius 1 is 1.35 bits per heavy atom. The first-order chi connectivity index (χ1) is 11.2. The fourth-order valence-corrected chi connectivity index (χ4v) is 3.92. The molecule has 10 heteroatoms. The molecule has 4 rings (SSSR count). The maximum atomic E-state index is 12.2. The third kappa shape index (κ3) is 2.38. The number of carbonyl (C=O) groups is 1. The predicted octanol–water partition coefficient (Wildman–Crippen LogP) is 0.458. The quantitative estimate of drug-likeness (QED) is 0.735. The molecule has 4 N–H and O–H groups in total. The molecule has 23 heavy (non-hydrogen) atoms. The Balaban J connectivity index is 1.43. The number of amides is 1. The van der Waals surface area contributed by atoms with E-state index in [0.29, 0.717) is 11.6 Å². The molecule has 120 valence electrons. The number of anilines is 2. The molecular weight excluding hydrogens is 316 g/mol. The Labute approximate surface area is 136 Å². The monoisotopic (exact) mass is 332 g/mol. The molecule has 2 heterocycles. The average molecular weight is 332 g/mol. The number of nitrogens with two attached hydrogens (primary N) is 1. The molecule has 2 atom stereocenters. The first-order valence-electron chi connectivity index (χ1n) is 7.47. The van der Waals surface area contributed by atoms with Crippen molar-refractivity contribution in [2.24, 2.45) is 5.41 Å². The number of hydrogen-bond donors (Lipinski definition) is 3. The summed E-state index contributed by atoms with van der Waals surface area (Å²) in [6.45, 7) is 0. The van der Waals surface area contributed by atoms with Crippen LogP contribution in [-0.2, 0) is 0 Å². The number of carbonyl (C=O) groups excluding carboxylic acids is 1. The Kier molecular flexibility index (Phi) is 3.33. The van der Waals surface area contributed by atoms with Crippen LogP contribution < -0.4 is 16.4 Å². The minimum Gasteiger partial charge on any atom is -0.368 e. The fourth-order valence-electron chi connectivity index (χ4n) is 3.51. The fraction of sp³-hybridized carbons (Fsp3) is 0.538. The van der Waals surface area contributed by atoms with Crippen LogP contribution in [0.1, 0.15) is 36.2 Å². The molecule has 2 aromatic heterocycles. The van der Waals surface area contributed by atoms with Crippen LogP contribution in [0.15, 0.2) is 12.5 Å². The Bertz CT molecular complexity index is 717. The van der Waals surface area contributed by atoms with Gasteiger partial charge in [-0.05, 0) is 19.3 Å². The molecule has 1 amide bonds. The molecule has 2 saturated carbocycles. The zero-order valence-electron chi connectivity index (χ0n) is 12.3. The molecule has 9 nitrogen and oxygen atoms in total. The van der Waals surface area contributed by atoms with Gasteiger partial charge in [-0.25, -0.2) is 9.97 Å². The maximum absolute atomic E-state index is 12.2. The van der Waals surface area contributed by atoms with Crippen molar-refractivity contribution in [3.8, 4) is 0 Å². The van der Waals surface area contributed by atoms with E-state index >= 15 is 0 Å². The topological polar surface area (TPSA) is 132 Å². The van der Waals surface area contributed by atoms with E-state index in [0.717, 1.165) is 31.0 Å². The highest BCUT2D eigenvalue weighted by molar-refractivity contribution is 6.99. The van der Waals surface area contributed by atoms with Crippen LogP contribution in [0.25, 0.3) is 0 Å². The summed E-state index contributed by atoms with van der Waals surface area (Å²) in [5.41, 5.74) is 6.03. The predicted molar refractivity (Wildman–Crippen MR) is 83.7 cm³/mol. The van der Waals surface area contributed by atoms with Crippen LogP contribution in [0.5, 0.6) is 0 Å². The lowest BCUT2D eigenvalue weighted by Gasteiger charge is -2.61. The second-order valence-electron chi connectivity index (χ2n) is 6.01. The minimum absolute atomic E-state index is 0.0699. The molecule has 2 aromatic rings. The van der Waals surface area contributed by atoms with Gasteiger partial charge in [0.25, 0.3) is 5.91 Å². The number of rotatable bonds is 4. The van der Waals surface area contributed by atoms with E-state index in [4.69, 9.17) is 5.73 Å². The second kappa shape index (κ2) is 5.37. The summed E-state index contributed by atoms with van der Waals surface area (Å²) in [5.74, 6) is 0.533. The SMILES string of the molecule is Nc1ncnc(NC2CC(NC(=O)c3cnsn3)C23CCC3)n1. The van der Waals surface area contributed by atoms with Gasteiger partial charge in [-0.1, -0.05) is 6.42 Å². The molecule has 2 aliphatic carbocycles. The van der Waals surface area contributed by atoms with E-state index in [1.165, 1.54) is 18.9 Å². The standard InChI is InChI=1S/C13H16N8OS/c14-11-15-6-16-12(20-11)19-9-4-8(13(9)2-1-3-13)18-10(22)7-5-17-23-21-7/h5-6,8-9H,1-4H2,(H,18,22)(H3,14,15,16,19,20). The van der Waals surface area contributed by atoms with Crippen molar-refractivity contribution in [3.63, 3.8) is 0 Å². The third-order valence-electron chi connectivity index (χ3n) is 4.94. The lowest BCUT2D eigenvalue weighted by molar-refractivity contribution is -0.0303. The van der Waals surface area contributed by atoms with E-state index in [2.05, 4.69) is 34.3 Å².